The van der Waals surface area contributed by atoms with Crippen molar-refractivity contribution >= 4 is 11.6 Å². The van der Waals surface area contributed by atoms with Gasteiger partial charge in [0.2, 0.25) is 0 Å². The Labute approximate surface area is 167 Å². The van der Waals surface area contributed by atoms with Gasteiger partial charge in [0.15, 0.2) is 0 Å². The van der Waals surface area contributed by atoms with Crippen molar-refractivity contribution < 1.29 is 4.39 Å². The highest BCUT2D eigenvalue weighted by atomic mass is 35.5. The SMILES string of the molecule is CCCCC[C@H]1CC[C@H](C#Cc2ccc(-c3ccc(Cl)c(F)c3)nc2)CC1. The number of pyridine rings is 1. The quantitative estimate of drug-likeness (QED) is 0.390. The van der Waals surface area contributed by atoms with Crippen LogP contribution in [0.4, 0.5) is 4.39 Å². The average Bonchev–Trinajstić information content (AvgIpc) is 2.70. The van der Waals surface area contributed by atoms with Crippen LogP contribution in [0.5, 0.6) is 0 Å². The molecule has 0 saturated heterocycles. The first kappa shape index (κ1) is 19.9. The van der Waals surface area contributed by atoms with Crippen LogP contribution in [-0.2, 0) is 0 Å². The molecular formula is C24H27ClFN. The Bertz CT molecular complexity index is 795. The van der Waals surface area contributed by atoms with Crippen molar-refractivity contribution in [1.29, 1.82) is 0 Å². The lowest BCUT2D eigenvalue weighted by Crippen LogP contribution is -2.13. The maximum Gasteiger partial charge on any atom is 0.142 e. The Morgan fingerprint density at radius 1 is 1.11 bits per heavy atom. The number of nitrogens with zero attached hydrogens (tertiary/aromatic N) is 1. The van der Waals surface area contributed by atoms with Gasteiger partial charge in [-0.15, -0.1) is 0 Å². The number of hydrogen-bond donors (Lipinski definition) is 0. The van der Waals surface area contributed by atoms with Gasteiger partial charge in [0.25, 0.3) is 0 Å². The van der Waals surface area contributed by atoms with E-state index in [9.17, 15) is 4.39 Å². The number of benzene rings is 1. The molecule has 1 nitrogen and oxygen atoms in total. The second-order valence-corrected chi connectivity index (χ2v) is 7.95. The molecule has 3 rings (SSSR count). The molecule has 1 heterocycles. The predicted octanol–water partition coefficient (Wildman–Crippen LogP) is 7.28. The summed E-state index contributed by atoms with van der Waals surface area (Å²) in [4.78, 5) is 4.43. The average molecular weight is 384 g/mol. The lowest BCUT2D eigenvalue weighted by Gasteiger charge is -2.25. The van der Waals surface area contributed by atoms with Crippen molar-refractivity contribution in [2.75, 3.05) is 0 Å². The standard InChI is InChI=1S/C24H27ClFN/c1-2-3-4-5-18-6-8-19(9-7-18)10-11-20-12-15-24(27-17-20)21-13-14-22(25)23(26)16-21/h12-19H,2-9H2,1H3/t18-,19-. The van der Waals surface area contributed by atoms with Gasteiger partial charge in [-0.1, -0.05) is 62.1 Å². The van der Waals surface area contributed by atoms with Crippen LogP contribution in [0.1, 0.15) is 63.9 Å². The summed E-state index contributed by atoms with van der Waals surface area (Å²) in [6.45, 7) is 2.27. The van der Waals surface area contributed by atoms with E-state index in [1.165, 1.54) is 57.4 Å². The van der Waals surface area contributed by atoms with E-state index in [-0.39, 0.29) is 5.02 Å². The predicted molar refractivity (Wildman–Crippen MR) is 111 cm³/mol. The van der Waals surface area contributed by atoms with Crippen molar-refractivity contribution in [1.82, 2.24) is 4.98 Å². The largest absolute Gasteiger partial charge is 0.255 e. The van der Waals surface area contributed by atoms with Crippen LogP contribution in [0.15, 0.2) is 36.5 Å². The lowest BCUT2D eigenvalue weighted by atomic mass is 9.80. The van der Waals surface area contributed by atoms with Crippen LogP contribution < -0.4 is 0 Å². The molecule has 0 bridgehead atoms. The van der Waals surface area contributed by atoms with Crippen LogP contribution in [0.25, 0.3) is 11.3 Å². The molecule has 1 aliphatic carbocycles. The third-order valence-corrected chi connectivity index (χ3v) is 5.77. The van der Waals surface area contributed by atoms with E-state index in [2.05, 4.69) is 23.7 Å². The monoisotopic (exact) mass is 383 g/mol. The fourth-order valence-electron chi connectivity index (χ4n) is 3.76. The van der Waals surface area contributed by atoms with E-state index in [1.54, 1.807) is 18.3 Å². The number of hydrogen-bond acceptors (Lipinski definition) is 1. The number of rotatable bonds is 5. The Morgan fingerprint density at radius 2 is 1.93 bits per heavy atom. The van der Waals surface area contributed by atoms with Gasteiger partial charge >= 0.3 is 0 Å². The molecule has 1 fully saturated rings. The molecule has 1 aromatic heterocycles. The Kier molecular flexibility index (Phi) is 7.30. The minimum Gasteiger partial charge on any atom is -0.255 e. The van der Waals surface area contributed by atoms with Crippen LogP contribution in [0, 0.1) is 29.5 Å². The topological polar surface area (TPSA) is 12.9 Å². The zero-order valence-electron chi connectivity index (χ0n) is 16.0. The van der Waals surface area contributed by atoms with Crippen LogP contribution >= 0.6 is 11.6 Å². The molecule has 27 heavy (non-hydrogen) atoms. The van der Waals surface area contributed by atoms with Gasteiger partial charge in [-0.2, -0.15) is 0 Å². The molecule has 0 spiro atoms. The zero-order chi connectivity index (χ0) is 19.1. The summed E-state index contributed by atoms with van der Waals surface area (Å²) in [5.74, 6) is 7.71. The minimum atomic E-state index is -0.426. The fourth-order valence-corrected chi connectivity index (χ4v) is 3.88. The van der Waals surface area contributed by atoms with Gasteiger partial charge < -0.3 is 0 Å². The van der Waals surface area contributed by atoms with Gasteiger partial charge in [-0.25, -0.2) is 4.39 Å². The molecule has 142 valence electrons. The molecule has 1 aliphatic rings. The van der Waals surface area contributed by atoms with Crippen molar-refractivity contribution in [3.8, 4) is 23.1 Å². The molecule has 1 aromatic carbocycles. The van der Waals surface area contributed by atoms with E-state index < -0.39 is 5.82 Å². The molecule has 0 N–H and O–H groups in total. The fraction of sp³-hybridized carbons (Fsp3) is 0.458. The van der Waals surface area contributed by atoms with Crippen LogP contribution in [-0.4, -0.2) is 4.98 Å². The molecule has 0 amide bonds. The lowest BCUT2D eigenvalue weighted by molar-refractivity contribution is 0.294. The smallest absolute Gasteiger partial charge is 0.142 e. The van der Waals surface area contributed by atoms with E-state index >= 15 is 0 Å². The maximum atomic E-state index is 13.6. The van der Waals surface area contributed by atoms with E-state index in [0.717, 1.165) is 22.7 Å². The second-order valence-electron chi connectivity index (χ2n) is 7.54. The summed E-state index contributed by atoms with van der Waals surface area (Å²) in [6, 6.07) is 8.59. The Morgan fingerprint density at radius 3 is 2.59 bits per heavy atom. The molecule has 1 saturated carbocycles. The van der Waals surface area contributed by atoms with Crippen molar-refractivity contribution in [3.05, 3.63) is 52.9 Å². The highest BCUT2D eigenvalue weighted by molar-refractivity contribution is 6.30. The summed E-state index contributed by atoms with van der Waals surface area (Å²) < 4.78 is 13.6. The number of aromatic nitrogens is 1. The third-order valence-electron chi connectivity index (χ3n) is 5.46. The first-order chi connectivity index (χ1) is 13.2. The van der Waals surface area contributed by atoms with Crippen LogP contribution in [0.3, 0.4) is 0 Å². The summed E-state index contributed by atoms with van der Waals surface area (Å²) in [6.07, 6.45) is 12.3. The summed E-state index contributed by atoms with van der Waals surface area (Å²) in [7, 11) is 0. The van der Waals surface area contributed by atoms with Crippen molar-refractivity contribution in [2.45, 2.75) is 58.3 Å². The minimum absolute atomic E-state index is 0.126. The molecule has 3 heteroatoms. The van der Waals surface area contributed by atoms with Gasteiger partial charge in [0.05, 0.1) is 10.7 Å². The summed E-state index contributed by atoms with van der Waals surface area (Å²) in [5.41, 5.74) is 2.36. The normalized spacial score (nSPS) is 19.4. The summed E-state index contributed by atoms with van der Waals surface area (Å²) in [5, 5.41) is 0.126. The molecule has 0 aliphatic heterocycles. The molecule has 0 unspecified atom stereocenters. The Hall–Kier alpha value is -1.85. The van der Waals surface area contributed by atoms with Crippen LogP contribution in [0.2, 0.25) is 5.02 Å². The number of halogens is 2. The van der Waals surface area contributed by atoms with E-state index in [1.807, 2.05) is 12.1 Å². The summed E-state index contributed by atoms with van der Waals surface area (Å²) >= 11 is 5.74. The highest BCUT2D eigenvalue weighted by Gasteiger charge is 2.19. The van der Waals surface area contributed by atoms with Gasteiger partial charge in [0, 0.05) is 23.2 Å². The highest BCUT2D eigenvalue weighted by Crippen LogP contribution is 2.31. The molecular weight excluding hydrogens is 357 g/mol. The first-order valence-corrected chi connectivity index (χ1v) is 10.5. The maximum absolute atomic E-state index is 13.6. The molecule has 0 radical (unpaired) electrons. The van der Waals surface area contributed by atoms with Gasteiger partial charge in [-0.05, 0) is 55.9 Å². The van der Waals surface area contributed by atoms with E-state index in [4.69, 9.17) is 11.6 Å². The molecule has 0 atom stereocenters. The van der Waals surface area contributed by atoms with Crippen molar-refractivity contribution in [2.24, 2.45) is 11.8 Å². The third kappa shape index (κ3) is 5.81. The Balaban J connectivity index is 1.54. The van der Waals surface area contributed by atoms with Gasteiger partial charge in [-0.3, -0.25) is 4.98 Å². The van der Waals surface area contributed by atoms with Gasteiger partial charge in [0.1, 0.15) is 5.82 Å². The first-order valence-electron chi connectivity index (χ1n) is 10.1. The second kappa shape index (κ2) is 9.90. The molecule has 2 aromatic rings. The zero-order valence-corrected chi connectivity index (χ0v) is 16.7. The van der Waals surface area contributed by atoms with Crippen molar-refractivity contribution in [3.63, 3.8) is 0 Å². The van der Waals surface area contributed by atoms with E-state index in [0.29, 0.717) is 5.92 Å². The number of unbranched alkanes of at least 4 members (excludes halogenated alkanes) is 2.